The normalized spacial score (nSPS) is 10.4. The Kier molecular flexibility index (Phi) is 6.28. The Morgan fingerprint density at radius 3 is 2.87 bits per heavy atom. The molecule has 2 aromatic rings. The number of benzene rings is 1. The van der Waals surface area contributed by atoms with Crippen molar-refractivity contribution in [3.63, 3.8) is 0 Å². The van der Waals surface area contributed by atoms with Gasteiger partial charge in [0.15, 0.2) is 0 Å². The van der Waals surface area contributed by atoms with E-state index in [0.717, 1.165) is 18.7 Å². The number of hydrogen-bond acceptors (Lipinski definition) is 6. The summed E-state index contributed by atoms with van der Waals surface area (Å²) in [5, 5.41) is 10.3. The lowest BCUT2D eigenvalue weighted by Gasteiger charge is -2.11. The SMILES string of the molecule is CCCc1nc(SCC(=O)Nc2ccc(OC)cc2OC)n[nH]1. The van der Waals surface area contributed by atoms with Crippen molar-refractivity contribution in [2.24, 2.45) is 0 Å². The number of ether oxygens (including phenoxy) is 2. The monoisotopic (exact) mass is 336 g/mol. The molecule has 0 aliphatic rings. The third-order valence-corrected chi connectivity index (χ3v) is 3.86. The van der Waals surface area contributed by atoms with Gasteiger partial charge in [0.2, 0.25) is 11.1 Å². The number of anilines is 1. The Balaban J connectivity index is 1.91. The molecule has 1 amide bonds. The Hall–Kier alpha value is -2.22. The fourth-order valence-electron chi connectivity index (χ4n) is 1.91. The van der Waals surface area contributed by atoms with Crippen LogP contribution in [0, 0.1) is 0 Å². The Morgan fingerprint density at radius 2 is 2.17 bits per heavy atom. The van der Waals surface area contributed by atoms with Crippen molar-refractivity contribution in [1.29, 1.82) is 0 Å². The summed E-state index contributed by atoms with van der Waals surface area (Å²) in [4.78, 5) is 16.4. The first kappa shape index (κ1) is 17.1. The maximum atomic E-state index is 12.1. The molecule has 0 aliphatic heterocycles. The first-order valence-corrected chi connectivity index (χ1v) is 8.20. The highest BCUT2D eigenvalue weighted by Gasteiger charge is 2.11. The number of aromatic amines is 1. The molecule has 0 radical (unpaired) electrons. The van der Waals surface area contributed by atoms with Crippen molar-refractivity contribution in [2.75, 3.05) is 25.3 Å². The quantitative estimate of drug-likeness (QED) is 0.720. The van der Waals surface area contributed by atoms with Crippen molar-refractivity contribution in [3.8, 4) is 11.5 Å². The molecule has 0 aliphatic carbocycles. The minimum absolute atomic E-state index is 0.152. The van der Waals surface area contributed by atoms with Crippen molar-refractivity contribution in [3.05, 3.63) is 24.0 Å². The van der Waals surface area contributed by atoms with E-state index in [0.29, 0.717) is 22.3 Å². The van der Waals surface area contributed by atoms with E-state index >= 15 is 0 Å². The van der Waals surface area contributed by atoms with Gasteiger partial charge in [-0.2, -0.15) is 0 Å². The molecule has 1 heterocycles. The second kappa shape index (κ2) is 8.42. The van der Waals surface area contributed by atoms with Crippen molar-refractivity contribution < 1.29 is 14.3 Å². The molecule has 0 spiro atoms. The van der Waals surface area contributed by atoms with Gasteiger partial charge < -0.3 is 14.8 Å². The average Bonchev–Trinajstić information content (AvgIpc) is 3.01. The van der Waals surface area contributed by atoms with Gasteiger partial charge in [-0.15, -0.1) is 5.10 Å². The van der Waals surface area contributed by atoms with Crippen LogP contribution in [0.5, 0.6) is 11.5 Å². The number of nitrogens with one attached hydrogen (secondary N) is 2. The van der Waals surface area contributed by atoms with Crippen LogP contribution in [0.2, 0.25) is 0 Å². The highest BCUT2D eigenvalue weighted by atomic mass is 32.2. The number of rotatable bonds is 8. The zero-order valence-electron chi connectivity index (χ0n) is 13.4. The molecule has 2 N–H and O–H groups in total. The van der Waals surface area contributed by atoms with Crippen LogP contribution in [0.3, 0.4) is 0 Å². The van der Waals surface area contributed by atoms with Gasteiger partial charge in [0.1, 0.15) is 17.3 Å². The van der Waals surface area contributed by atoms with Crippen LogP contribution in [-0.2, 0) is 11.2 Å². The van der Waals surface area contributed by atoms with Crippen molar-refractivity contribution in [2.45, 2.75) is 24.9 Å². The summed E-state index contributed by atoms with van der Waals surface area (Å²) in [5.74, 6) is 2.12. The van der Waals surface area contributed by atoms with Gasteiger partial charge in [0.25, 0.3) is 0 Å². The number of carbonyl (C=O) groups is 1. The molecule has 124 valence electrons. The number of nitrogens with zero attached hydrogens (tertiary/aromatic N) is 2. The molecule has 7 nitrogen and oxygen atoms in total. The van der Waals surface area contributed by atoms with E-state index in [4.69, 9.17) is 9.47 Å². The first-order chi connectivity index (χ1) is 11.2. The molecule has 0 saturated heterocycles. The highest BCUT2D eigenvalue weighted by molar-refractivity contribution is 7.99. The second-order valence-electron chi connectivity index (χ2n) is 4.72. The van der Waals surface area contributed by atoms with Crippen molar-refractivity contribution >= 4 is 23.4 Å². The number of H-pyrrole nitrogens is 1. The molecule has 0 atom stereocenters. The summed E-state index contributed by atoms with van der Waals surface area (Å²) >= 11 is 1.28. The summed E-state index contributed by atoms with van der Waals surface area (Å²) in [6, 6.07) is 5.22. The van der Waals surface area contributed by atoms with E-state index in [2.05, 4.69) is 27.4 Å². The Labute approximate surface area is 139 Å². The summed E-state index contributed by atoms with van der Waals surface area (Å²) in [7, 11) is 3.12. The second-order valence-corrected chi connectivity index (χ2v) is 5.66. The van der Waals surface area contributed by atoms with Crippen LogP contribution in [-0.4, -0.2) is 41.1 Å². The van der Waals surface area contributed by atoms with E-state index in [9.17, 15) is 4.79 Å². The average molecular weight is 336 g/mol. The van der Waals surface area contributed by atoms with Gasteiger partial charge in [-0.3, -0.25) is 9.89 Å². The summed E-state index contributed by atoms with van der Waals surface area (Å²) < 4.78 is 10.4. The lowest BCUT2D eigenvalue weighted by atomic mass is 10.2. The molecule has 0 fully saturated rings. The number of aryl methyl sites for hydroxylation is 1. The predicted octanol–water partition coefficient (Wildman–Crippen LogP) is 2.51. The molecular weight excluding hydrogens is 316 g/mol. The molecule has 0 saturated carbocycles. The minimum atomic E-state index is -0.152. The van der Waals surface area contributed by atoms with Crippen LogP contribution in [0.25, 0.3) is 0 Å². The third kappa shape index (κ3) is 4.88. The van der Waals surface area contributed by atoms with Crippen LogP contribution < -0.4 is 14.8 Å². The van der Waals surface area contributed by atoms with Crippen LogP contribution >= 0.6 is 11.8 Å². The lowest BCUT2D eigenvalue weighted by molar-refractivity contribution is -0.113. The van der Waals surface area contributed by atoms with Gasteiger partial charge in [0.05, 0.1) is 25.7 Å². The van der Waals surface area contributed by atoms with E-state index < -0.39 is 0 Å². The summed E-state index contributed by atoms with van der Waals surface area (Å²) in [6.45, 7) is 2.07. The van der Waals surface area contributed by atoms with Crippen LogP contribution in [0.15, 0.2) is 23.4 Å². The molecule has 2 rings (SSSR count). The first-order valence-electron chi connectivity index (χ1n) is 7.22. The minimum Gasteiger partial charge on any atom is -0.497 e. The molecular formula is C15H20N4O3S. The fraction of sp³-hybridized carbons (Fsp3) is 0.400. The summed E-state index contributed by atoms with van der Waals surface area (Å²) in [5.41, 5.74) is 0.598. The van der Waals surface area contributed by atoms with Gasteiger partial charge >= 0.3 is 0 Å². The number of amides is 1. The van der Waals surface area contributed by atoms with Crippen molar-refractivity contribution in [1.82, 2.24) is 15.2 Å². The molecule has 8 heteroatoms. The zero-order valence-corrected chi connectivity index (χ0v) is 14.2. The van der Waals surface area contributed by atoms with E-state index in [1.807, 2.05) is 0 Å². The maximum Gasteiger partial charge on any atom is 0.234 e. The highest BCUT2D eigenvalue weighted by Crippen LogP contribution is 2.29. The van der Waals surface area contributed by atoms with E-state index in [1.54, 1.807) is 32.4 Å². The number of thioether (sulfide) groups is 1. The largest absolute Gasteiger partial charge is 0.497 e. The molecule has 1 aromatic heterocycles. The van der Waals surface area contributed by atoms with Gasteiger partial charge in [0, 0.05) is 12.5 Å². The Morgan fingerprint density at radius 1 is 1.35 bits per heavy atom. The number of aromatic nitrogens is 3. The molecule has 0 bridgehead atoms. The van der Waals surface area contributed by atoms with Gasteiger partial charge in [-0.25, -0.2) is 4.98 Å². The molecule has 0 unspecified atom stereocenters. The number of carbonyl (C=O) groups excluding carboxylic acids is 1. The van der Waals surface area contributed by atoms with Gasteiger partial charge in [-0.05, 0) is 18.6 Å². The van der Waals surface area contributed by atoms with Crippen LogP contribution in [0.1, 0.15) is 19.2 Å². The number of hydrogen-bond donors (Lipinski definition) is 2. The van der Waals surface area contributed by atoms with Crippen LogP contribution in [0.4, 0.5) is 5.69 Å². The third-order valence-electron chi connectivity index (χ3n) is 3.01. The zero-order chi connectivity index (χ0) is 16.7. The summed E-state index contributed by atoms with van der Waals surface area (Å²) in [6.07, 6.45) is 1.85. The number of methoxy groups -OCH3 is 2. The van der Waals surface area contributed by atoms with Gasteiger partial charge in [-0.1, -0.05) is 18.7 Å². The predicted molar refractivity (Wildman–Crippen MR) is 89.3 cm³/mol. The van der Waals surface area contributed by atoms with E-state index in [-0.39, 0.29) is 11.7 Å². The molecule has 1 aromatic carbocycles. The molecule has 23 heavy (non-hydrogen) atoms. The fourth-order valence-corrected chi connectivity index (χ4v) is 2.53. The maximum absolute atomic E-state index is 12.1. The van der Waals surface area contributed by atoms with E-state index in [1.165, 1.54) is 11.8 Å². The smallest absolute Gasteiger partial charge is 0.234 e. The standard InChI is InChI=1S/C15H20N4O3S/c1-4-5-13-17-15(19-18-13)23-9-14(20)16-11-7-6-10(21-2)8-12(11)22-3/h6-8H,4-5,9H2,1-3H3,(H,16,20)(H,17,18,19). The Bertz CT molecular complexity index is 660. The topological polar surface area (TPSA) is 89.1 Å². The lowest BCUT2D eigenvalue weighted by Crippen LogP contribution is -2.14.